The van der Waals surface area contributed by atoms with E-state index in [0.29, 0.717) is 13.0 Å². The van der Waals surface area contributed by atoms with Crippen molar-refractivity contribution in [2.75, 3.05) is 4.90 Å². The second kappa shape index (κ2) is 9.43. The molecular formula is C28H24N2OS. The van der Waals surface area contributed by atoms with E-state index in [1.165, 1.54) is 28.6 Å². The molecule has 158 valence electrons. The van der Waals surface area contributed by atoms with E-state index < -0.39 is 0 Å². The number of hydrogen-bond acceptors (Lipinski definition) is 3. The molecule has 32 heavy (non-hydrogen) atoms. The van der Waals surface area contributed by atoms with E-state index in [1.54, 1.807) is 0 Å². The molecule has 0 saturated carbocycles. The van der Waals surface area contributed by atoms with Gasteiger partial charge in [-0.2, -0.15) is 0 Å². The topological polar surface area (TPSA) is 32.3 Å². The van der Waals surface area contributed by atoms with Crippen LogP contribution in [0.2, 0.25) is 0 Å². The Balaban J connectivity index is 1.47. The number of benzene rings is 4. The third-order valence-corrected chi connectivity index (χ3v) is 6.62. The Kier molecular flexibility index (Phi) is 6.06. The molecule has 0 aliphatic carbocycles. The van der Waals surface area contributed by atoms with Crippen molar-refractivity contribution in [2.24, 2.45) is 0 Å². The predicted molar refractivity (Wildman–Crippen MR) is 132 cm³/mol. The fourth-order valence-corrected chi connectivity index (χ4v) is 4.84. The first kappa shape index (κ1) is 20.6. The maximum Gasteiger partial charge on any atom is 0.245 e. The van der Waals surface area contributed by atoms with Gasteiger partial charge >= 0.3 is 0 Å². The summed E-state index contributed by atoms with van der Waals surface area (Å²) in [6, 6.07) is 36.8. The molecule has 1 atom stereocenters. The van der Waals surface area contributed by atoms with Crippen LogP contribution in [0.5, 0.6) is 0 Å². The Morgan fingerprint density at radius 1 is 0.781 bits per heavy atom. The van der Waals surface area contributed by atoms with E-state index in [1.807, 2.05) is 59.5 Å². The molecule has 0 radical (unpaired) electrons. The number of hydrogen-bond donors (Lipinski definition) is 1. The summed E-state index contributed by atoms with van der Waals surface area (Å²) in [5.74, 6) is 0.109. The normalized spacial score (nSPS) is 15.4. The summed E-state index contributed by atoms with van der Waals surface area (Å²) < 4.78 is 3.43. The van der Waals surface area contributed by atoms with Crippen molar-refractivity contribution in [1.29, 1.82) is 0 Å². The lowest BCUT2D eigenvalue weighted by Crippen LogP contribution is -2.49. The SMILES string of the molecule is O=C1C(NSc2ccccc2)Cc2cc(-c3ccccc3)ccc2N1Cc1ccccc1. The van der Waals surface area contributed by atoms with Crippen molar-refractivity contribution in [3.8, 4) is 11.1 Å². The zero-order chi connectivity index (χ0) is 21.8. The van der Waals surface area contributed by atoms with Crippen LogP contribution in [0.25, 0.3) is 11.1 Å². The van der Waals surface area contributed by atoms with Crippen LogP contribution in [-0.4, -0.2) is 11.9 Å². The first-order valence-corrected chi connectivity index (χ1v) is 11.6. The summed E-state index contributed by atoms with van der Waals surface area (Å²) in [6.45, 7) is 0.561. The fourth-order valence-electron chi connectivity index (χ4n) is 4.09. The number of carbonyl (C=O) groups is 1. The summed E-state index contributed by atoms with van der Waals surface area (Å²) in [6.07, 6.45) is 0.667. The van der Waals surface area contributed by atoms with Crippen molar-refractivity contribution < 1.29 is 4.79 Å². The maximum atomic E-state index is 13.5. The highest BCUT2D eigenvalue weighted by Gasteiger charge is 2.33. The van der Waals surface area contributed by atoms with E-state index in [4.69, 9.17) is 0 Å². The first-order chi connectivity index (χ1) is 15.8. The molecular weight excluding hydrogens is 412 g/mol. The molecule has 1 unspecified atom stereocenters. The third kappa shape index (κ3) is 4.47. The van der Waals surface area contributed by atoms with Crippen molar-refractivity contribution in [3.05, 3.63) is 120 Å². The molecule has 3 nitrogen and oxygen atoms in total. The quantitative estimate of drug-likeness (QED) is 0.370. The lowest BCUT2D eigenvalue weighted by atomic mass is 9.93. The molecule has 0 bridgehead atoms. The monoisotopic (exact) mass is 436 g/mol. The van der Waals surface area contributed by atoms with E-state index in [2.05, 4.69) is 59.3 Å². The minimum absolute atomic E-state index is 0.109. The Bertz CT molecular complexity index is 1200. The zero-order valence-electron chi connectivity index (χ0n) is 17.6. The number of carbonyl (C=O) groups excluding carboxylic acids is 1. The molecule has 0 aromatic heterocycles. The molecule has 4 aromatic carbocycles. The highest BCUT2D eigenvalue weighted by Crippen LogP contribution is 2.34. The van der Waals surface area contributed by atoms with Gasteiger partial charge in [-0.1, -0.05) is 84.9 Å². The first-order valence-electron chi connectivity index (χ1n) is 10.8. The Hall–Kier alpha value is -3.34. The smallest absolute Gasteiger partial charge is 0.245 e. The Labute approximate surface area is 193 Å². The van der Waals surface area contributed by atoms with Crippen molar-refractivity contribution in [1.82, 2.24) is 4.72 Å². The lowest BCUT2D eigenvalue weighted by Gasteiger charge is -2.35. The molecule has 0 fully saturated rings. The Morgan fingerprint density at radius 3 is 2.16 bits per heavy atom. The summed E-state index contributed by atoms with van der Waals surface area (Å²) in [4.78, 5) is 16.5. The molecule has 4 aromatic rings. The van der Waals surface area contributed by atoms with E-state index in [9.17, 15) is 4.79 Å². The van der Waals surface area contributed by atoms with Gasteiger partial charge in [0.05, 0.1) is 6.54 Å². The van der Waals surface area contributed by atoms with Crippen LogP contribution in [0.3, 0.4) is 0 Å². The number of nitrogens with one attached hydrogen (secondary N) is 1. The van der Waals surface area contributed by atoms with E-state index in [-0.39, 0.29) is 11.9 Å². The van der Waals surface area contributed by atoms with Gasteiger partial charge in [0.1, 0.15) is 6.04 Å². The van der Waals surface area contributed by atoms with Crippen molar-refractivity contribution >= 4 is 23.5 Å². The van der Waals surface area contributed by atoms with Crippen LogP contribution in [0.1, 0.15) is 11.1 Å². The second-order valence-electron chi connectivity index (χ2n) is 7.91. The van der Waals surface area contributed by atoms with Gasteiger partial charge in [-0.3, -0.25) is 4.79 Å². The summed E-state index contributed by atoms with van der Waals surface area (Å²) in [7, 11) is 0. The third-order valence-electron chi connectivity index (χ3n) is 5.71. The van der Waals surface area contributed by atoms with Crippen molar-refractivity contribution in [3.63, 3.8) is 0 Å². The number of rotatable bonds is 6. The van der Waals surface area contributed by atoms with Gasteiger partial charge in [-0.15, -0.1) is 0 Å². The average molecular weight is 437 g/mol. The minimum Gasteiger partial charge on any atom is -0.306 e. The van der Waals surface area contributed by atoms with Crippen LogP contribution in [0.4, 0.5) is 5.69 Å². The minimum atomic E-state index is -0.289. The van der Waals surface area contributed by atoms with Gasteiger partial charge in [0.25, 0.3) is 0 Å². The molecule has 5 rings (SSSR count). The lowest BCUT2D eigenvalue weighted by molar-refractivity contribution is -0.120. The summed E-state index contributed by atoms with van der Waals surface area (Å²) >= 11 is 1.52. The number of nitrogens with zero attached hydrogens (tertiary/aromatic N) is 1. The van der Waals surface area contributed by atoms with Gasteiger partial charge in [0.15, 0.2) is 0 Å². The molecule has 1 aliphatic rings. The van der Waals surface area contributed by atoms with Crippen LogP contribution in [-0.2, 0) is 17.8 Å². The molecule has 1 N–H and O–H groups in total. The van der Waals surface area contributed by atoms with Crippen LogP contribution in [0, 0.1) is 0 Å². The number of fused-ring (bicyclic) bond motifs is 1. The summed E-state index contributed by atoms with van der Waals surface area (Å²) in [5, 5.41) is 0. The van der Waals surface area contributed by atoms with E-state index in [0.717, 1.165) is 16.1 Å². The zero-order valence-corrected chi connectivity index (χ0v) is 18.5. The molecule has 0 spiro atoms. The molecule has 1 aliphatic heterocycles. The van der Waals surface area contributed by atoms with Gasteiger partial charge in [-0.05, 0) is 64.9 Å². The fraction of sp³-hybridized carbons (Fsp3) is 0.107. The van der Waals surface area contributed by atoms with Gasteiger partial charge in [-0.25, -0.2) is 4.72 Å². The van der Waals surface area contributed by atoms with Gasteiger partial charge in [0, 0.05) is 10.6 Å². The number of anilines is 1. The molecule has 1 amide bonds. The maximum absolute atomic E-state index is 13.5. The highest BCUT2D eigenvalue weighted by molar-refractivity contribution is 7.97. The average Bonchev–Trinajstić information content (AvgIpc) is 2.86. The summed E-state index contributed by atoms with van der Waals surface area (Å²) in [5.41, 5.74) is 5.67. The molecule has 4 heteroatoms. The second-order valence-corrected chi connectivity index (χ2v) is 8.82. The number of amides is 1. The largest absolute Gasteiger partial charge is 0.306 e. The highest BCUT2D eigenvalue weighted by atomic mass is 32.2. The van der Waals surface area contributed by atoms with Gasteiger partial charge in [0.2, 0.25) is 5.91 Å². The van der Waals surface area contributed by atoms with Gasteiger partial charge < -0.3 is 4.90 Å². The van der Waals surface area contributed by atoms with Crippen LogP contribution >= 0.6 is 11.9 Å². The standard InChI is InChI=1S/C28H24N2OS/c31-28-26(29-32-25-14-8-3-9-15-25)19-24-18-23(22-12-6-2-7-13-22)16-17-27(24)30(28)20-21-10-4-1-5-11-21/h1-18,26,29H,19-20H2. The molecule has 0 saturated heterocycles. The molecule has 1 heterocycles. The van der Waals surface area contributed by atoms with Crippen LogP contribution < -0.4 is 9.62 Å². The predicted octanol–water partition coefficient (Wildman–Crippen LogP) is 6.11. The van der Waals surface area contributed by atoms with Crippen molar-refractivity contribution in [2.45, 2.75) is 23.9 Å². The van der Waals surface area contributed by atoms with E-state index >= 15 is 0 Å². The van der Waals surface area contributed by atoms with Crippen LogP contribution in [0.15, 0.2) is 114 Å². The Morgan fingerprint density at radius 2 is 1.44 bits per heavy atom.